The largest absolute Gasteiger partial charge is 0.311 e. The standard InChI is InChI=1S/C58H39N3/c1-2-12-44-39-45(22-21-40(44)11-1)43-27-31-47(32-28-43)59(48-35-37-50(38-36-48)61-57-19-9-5-15-53(57)54-16-6-10-20-58(54)61)46-29-23-41(24-30-46)42-25-33-49(34-26-42)60-55-17-7-3-13-51(55)52-14-4-8-18-56(52)60/h1-39H. The zero-order valence-corrected chi connectivity index (χ0v) is 33.4. The average molecular weight is 778 g/mol. The van der Waals surface area contributed by atoms with E-state index in [1.807, 2.05) is 0 Å². The number of aromatic nitrogens is 2. The Morgan fingerprint density at radius 3 is 1.00 bits per heavy atom. The molecule has 0 radical (unpaired) electrons. The summed E-state index contributed by atoms with van der Waals surface area (Å²) in [4.78, 5) is 2.36. The van der Waals surface area contributed by atoms with E-state index in [2.05, 4.69) is 251 Å². The van der Waals surface area contributed by atoms with Gasteiger partial charge in [0.25, 0.3) is 0 Å². The molecule has 0 saturated heterocycles. The van der Waals surface area contributed by atoms with Crippen LogP contribution in [0.1, 0.15) is 0 Å². The Bertz CT molecular complexity index is 3450. The Morgan fingerprint density at radius 1 is 0.246 bits per heavy atom. The van der Waals surface area contributed by atoms with Crippen molar-refractivity contribution in [2.75, 3.05) is 4.90 Å². The van der Waals surface area contributed by atoms with E-state index in [-0.39, 0.29) is 0 Å². The van der Waals surface area contributed by atoms with E-state index < -0.39 is 0 Å². The van der Waals surface area contributed by atoms with E-state index in [1.165, 1.54) is 76.6 Å². The van der Waals surface area contributed by atoms with Crippen molar-refractivity contribution in [2.45, 2.75) is 0 Å². The molecule has 0 N–H and O–H groups in total. The van der Waals surface area contributed by atoms with Crippen LogP contribution in [0.15, 0.2) is 237 Å². The number of rotatable bonds is 7. The van der Waals surface area contributed by atoms with Gasteiger partial charge in [0.15, 0.2) is 0 Å². The molecule has 0 fully saturated rings. The summed E-state index contributed by atoms with van der Waals surface area (Å²) in [6.07, 6.45) is 0. The van der Waals surface area contributed by atoms with Crippen LogP contribution in [0.4, 0.5) is 17.1 Å². The maximum absolute atomic E-state index is 2.37. The number of hydrogen-bond donors (Lipinski definition) is 0. The molecule has 3 heteroatoms. The Labute approximate surface area is 354 Å². The minimum atomic E-state index is 1.09. The molecule has 61 heavy (non-hydrogen) atoms. The topological polar surface area (TPSA) is 13.1 Å². The Hall–Kier alpha value is -8.14. The van der Waals surface area contributed by atoms with E-state index >= 15 is 0 Å². The molecule has 2 aromatic heterocycles. The van der Waals surface area contributed by atoms with Crippen molar-refractivity contribution in [3.8, 4) is 33.6 Å². The van der Waals surface area contributed by atoms with Crippen LogP contribution in [0.25, 0.3) is 88.0 Å². The number of para-hydroxylation sites is 4. The summed E-state index contributed by atoms with van der Waals surface area (Å²) in [5.74, 6) is 0. The second kappa shape index (κ2) is 14.3. The lowest BCUT2D eigenvalue weighted by Gasteiger charge is -2.26. The van der Waals surface area contributed by atoms with E-state index in [9.17, 15) is 0 Å². The molecule has 0 aliphatic rings. The van der Waals surface area contributed by atoms with Gasteiger partial charge in [-0.05, 0) is 124 Å². The lowest BCUT2D eigenvalue weighted by atomic mass is 10.0. The Balaban J connectivity index is 0.913. The minimum absolute atomic E-state index is 1.09. The second-order valence-corrected chi connectivity index (χ2v) is 15.8. The number of hydrogen-bond acceptors (Lipinski definition) is 1. The van der Waals surface area contributed by atoms with Gasteiger partial charge in [-0.25, -0.2) is 0 Å². The molecule has 2 heterocycles. The normalized spacial score (nSPS) is 11.6. The van der Waals surface area contributed by atoms with Crippen LogP contribution in [0.5, 0.6) is 0 Å². The van der Waals surface area contributed by atoms with Crippen molar-refractivity contribution in [3.05, 3.63) is 237 Å². The zero-order chi connectivity index (χ0) is 40.3. The summed E-state index contributed by atoms with van der Waals surface area (Å²) >= 11 is 0. The number of nitrogens with zero attached hydrogens (tertiary/aromatic N) is 3. The van der Waals surface area contributed by atoms with Gasteiger partial charge in [0, 0.05) is 50.0 Å². The predicted molar refractivity (Wildman–Crippen MR) is 258 cm³/mol. The van der Waals surface area contributed by atoms with Gasteiger partial charge in [-0.1, -0.05) is 146 Å². The Morgan fingerprint density at radius 2 is 0.557 bits per heavy atom. The van der Waals surface area contributed by atoms with Crippen LogP contribution in [-0.2, 0) is 0 Å². The Kier molecular flexibility index (Phi) is 8.17. The van der Waals surface area contributed by atoms with Crippen LogP contribution in [-0.4, -0.2) is 9.13 Å². The molecule has 12 aromatic rings. The van der Waals surface area contributed by atoms with Gasteiger partial charge in [-0.3, -0.25) is 0 Å². The van der Waals surface area contributed by atoms with Crippen molar-refractivity contribution in [1.29, 1.82) is 0 Å². The third kappa shape index (κ3) is 5.90. The van der Waals surface area contributed by atoms with Gasteiger partial charge < -0.3 is 14.0 Å². The lowest BCUT2D eigenvalue weighted by molar-refractivity contribution is 1.17. The van der Waals surface area contributed by atoms with Gasteiger partial charge in [-0.2, -0.15) is 0 Å². The van der Waals surface area contributed by atoms with Crippen LogP contribution in [0, 0.1) is 0 Å². The van der Waals surface area contributed by atoms with E-state index in [0.29, 0.717) is 0 Å². The molecule has 0 aliphatic carbocycles. The van der Waals surface area contributed by atoms with E-state index in [1.54, 1.807) is 0 Å². The first-order chi connectivity index (χ1) is 30.2. The number of fused-ring (bicyclic) bond motifs is 7. The van der Waals surface area contributed by atoms with E-state index in [0.717, 1.165) is 28.4 Å². The maximum atomic E-state index is 2.37. The summed E-state index contributed by atoms with van der Waals surface area (Å²) < 4.78 is 4.74. The first-order valence-corrected chi connectivity index (χ1v) is 20.9. The van der Waals surface area contributed by atoms with Crippen molar-refractivity contribution in [1.82, 2.24) is 9.13 Å². The van der Waals surface area contributed by atoms with Gasteiger partial charge >= 0.3 is 0 Å². The SMILES string of the molecule is c1ccc2cc(-c3ccc(N(c4ccc(-c5ccc(-n6c7ccccc7c7ccccc76)cc5)cc4)c4ccc(-n5c6ccccc6c6ccccc65)cc4)cc3)ccc2c1. The molecule has 12 rings (SSSR count). The second-order valence-electron chi connectivity index (χ2n) is 15.8. The molecule has 0 amide bonds. The summed E-state index contributed by atoms with van der Waals surface area (Å²) in [5, 5.41) is 7.56. The highest BCUT2D eigenvalue weighted by Gasteiger charge is 2.17. The number of benzene rings is 10. The molecular weight excluding hydrogens is 739 g/mol. The van der Waals surface area contributed by atoms with Crippen molar-refractivity contribution in [3.63, 3.8) is 0 Å². The molecule has 0 saturated carbocycles. The van der Waals surface area contributed by atoms with Gasteiger partial charge in [0.2, 0.25) is 0 Å². The van der Waals surface area contributed by atoms with Gasteiger partial charge in [-0.15, -0.1) is 0 Å². The highest BCUT2D eigenvalue weighted by atomic mass is 15.1. The summed E-state index contributed by atoms with van der Waals surface area (Å²) in [7, 11) is 0. The molecule has 286 valence electrons. The summed E-state index contributed by atoms with van der Waals surface area (Å²) in [6.45, 7) is 0. The molecule has 0 aliphatic heterocycles. The predicted octanol–water partition coefficient (Wildman–Crippen LogP) is 15.8. The molecule has 3 nitrogen and oxygen atoms in total. The summed E-state index contributed by atoms with van der Waals surface area (Å²) in [6, 6.07) is 85.9. The van der Waals surface area contributed by atoms with Crippen molar-refractivity contribution in [2.24, 2.45) is 0 Å². The smallest absolute Gasteiger partial charge is 0.0541 e. The maximum Gasteiger partial charge on any atom is 0.0541 e. The fraction of sp³-hybridized carbons (Fsp3) is 0. The van der Waals surface area contributed by atoms with Crippen LogP contribution in [0.3, 0.4) is 0 Å². The molecule has 0 spiro atoms. The quantitative estimate of drug-likeness (QED) is 0.157. The zero-order valence-electron chi connectivity index (χ0n) is 33.4. The third-order valence-electron chi connectivity index (χ3n) is 12.3. The third-order valence-corrected chi connectivity index (χ3v) is 12.3. The average Bonchev–Trinajstić information content (AvgIpc) is 3.85. The molecule has 0 unspecified atom stereocenters. The van der Waals surface area contributed by atoms with Gasteiger partial charge in [0.1, 0.15) is 0 Å². The minimum Gasteiger partial charge on any atom is -0.311 e. The summed E-state index contributed by atoms with van der Waals surface area (Å²) in [5.41, 5.74) is 15.2. The lowest BCUT2D eigenvalue weighted by Crippen LogP contribution is -2.10. The van der Waals surface area contributed by atoms with Gasteiger partial charge in [0.05, 0.1) is 22.1 Å². The fourth-order valence-electron chi connectivity index (χ4n) is 9.38. The molecule has 0 bridgehead atoms. The first kappa shape index (κ1) is 34.9. The molecule has 10 aromatic carbocycles. The van der Waals surface area contributed by atoms with Crippen LogP contribution >= 0.6 is 0 Å². The fourth-order valence-corrected chi connectivity index (χ4v) is 9.38. The number of anilines is 3. The van der Waals surface area contributed by atoms with Crippen LogP contribution in [0.2, 0.25) is 0 Å². The monoisotopic (exact) mass is 777 g/mol. The highest BCUT2D eigenvalue weighted by Crippen LogP contribution is 2.39. The highest BCUT2D eigenvalue weighted by molar-refractivity contribution is 6.10. The van der Waals surface area contributed by atoms with Crippen LogP contribution < -0.4 is 4.90 Å². The van der Waals surface area contributed by atoms with Crippen molar-refractivity contribution >= 4 is 71.4 Å². The van der Waals surface area contributed by atoms with E-state index in [4.69, 9.17) is 0 Å². The van der Waals surface area contributed by atoms with Crippen molar-refractivity contribution < 1.29 is 0 Å². The molecular formula is C58H39N3. The molecule has 0 atom stereocenters. The first-order valence-electron chi connectivity index (χ1n) is 20.9.